The molecule has 1 aromatic carbocycles. The van der Waals surface area contributed by atoms with Crippen LogP contribution >= 0.6 is 11.8 Å². The number of benzene rings is 1. The molecule has 0 bridgehead atoms. The number of rotatable bonds is 12. The Morgan fingerprint density at radius 3 is 2.77 bits per heavy atom. The van der Waals surface area contributed by atoms with Gasteiger partial charge in [0.25, 0.3) is 0 Å². The Bertz CT molecular complexity index is 993. The third-order valence-corrected chi connectivity index (χ3v) is 6.57. The quantitative estimate of drug-likeness (QED) is 0.209. The maximum atomic E-state index is 13.9. The summed E-state index contributed by atoms with van der Waals surface area (Å²) in [5.74, 6) is -1.67. The van der Waals surface area contributed by atoms with Crippen LogP contribution < -0.4 is 14.9 Å². The van der Waals surface area contributed by atoms with E-state index in [-0.39, 0.29) is 34.8 Å². The zero-order chi connectivity index (χ0) is 22.3. The second-order valence-electron chi connectivity index (χ2n) is 6.41. The highest BCUT2D eigenvalue weighted by Gasteiger charge is 2.28. The summed E-state index contributed by atoms with van der Waals surface area (Å²) in [6, 6.07) is 5.27. The largest absolute Gasteiger partial charge is 0.476 e. The number of thioether (sulfide) groups is 1. The maximum Gasteiger partial charge on any atom is 0.302 e. The molecule has 1 aliphatic heterocycles. The Morgan fingerprint density at radius 2 is 2.06 bits per heavy atom. The van der Waals surface area contributed by atoms with Gasteiger partial charge in [0.05, 0.1) is 13.2 Å². The van der Waals surface area contributed by atoms with Crippen molar-refractivity contribution in [3.8, 4) is 5.88 Å². The van der Waals surface area contributed by atoms with Crippen LogP contribution in [-0.4, -0.2) is 55.5 Å². The summed E-state index contributed by atoms with van der Waals surface area (Å²) in [7, 11) is -3.74. The molecule has 0 radical (unpaired) electrons. The van der Waals surface area contributed by atoms with Gasteiger partial charge in [0.2, 0.25) is 5.88 Å². The highest BCUT2D eigenvalue weighted by Crippen LogP contribution is 2.26. The fourth-order valence-corrected chi connectivity index (χ4v) is 4.55. The lowest BCUT2D eigenvalue weighted by molar-refractivity contribution is 0.0429. The van der Waals surface area contributed by atoms with Crippen LogP contribution in [0.1, 0.15) is 18.9 Å². The van der Waals surface area contributed by atoms with Gasteiger partial charge in [-0.15, -0.1) is 0 Å². The van der Waals surface area contributed by atoms with E-state index in [4.69, 9.17) is 9.57 Å². The second-order valence-corrected chi connectivity index (χ2v) is 9.02. The van der Waals surface area contributed by atoms with Crippen LogP contribution in [0.2, 0.25) is 0 Å². The van der Waals surface area contributed by atoms with E-state index in [1.54, 1.807) is 0 Å². The smallest absolute Gasteiger partial charge is 0.302 e. The topological polar surface area (TPSA) is 106 Å². The van der Waals surface area contributed by atoms with Gasteiger partial charge < -0.3 is 9.57 Å². The number of hydroxylamine groups is 1. The Hall–Kier alpha value is -2.06. The van der Waals surface area contributed by atoms with E-state index < -0.39 is 21.8 Å². The molecule has 1 aliphatic rings. The van der Waals surface area contributed by atoms with Gasteiger partial charge >= 0.3 is 10.2 Å². The van der Waals surface area contributed by atoms with E-state index in [0.717, 1.165) is 24.2 Å². The monoisotopic (exact) mass is 475 g/mol. The van der Waals surface area contributed by atoms with Crippen LogP contribution in [-0.2, 0) is 20.8 Å². The second kappa shape index (κ2) is 11.0. The highest BCUT2D eigenvalue weighted by molar-refractivity contribution is 7.98. The number of ether oxygens (including phenoxy) is 1. The molecular weight excluding hydrogens is 452 g/mol. The Kier molecular flexibility index (Phi) is 8.37. The number of aromatic nitrogens is 2. The number of hydrogen-bond donors (Lipinski definition) is 2. The standard InChI is InChI=1S/C18H23F2N5O4S2/c1-2-29-21-7-10-28-16-11-15(24-31(26,27)25-8-4-9-25)22-18(23-16)30-12-13-5-3-6-14(19)17(13)20/h3,5-6,11,21H,2,4,7-10,12H2,1H3,(H,22,23,24). The van der Waals surface area contributed by atoms with Gasteiger partial charge in [-0.2, -0.15) is 23.2 Å². The minimum Gasteiger partial charge on any atom is -0.476 e. The summed E-state index contributed by atoms with van der Waals surface area (Å²) in [4.78, 5) is 13.4. The number of hydrogen-bond acceptors (Lipinski definition) is 8. The highest BCUT2D eigenvalue weighted by atomic mass is 32.2. The molecule has 1 saturated heterocycles. The first-order valence-corrected chi connectivity index (χ1v) is 12.0. The van der Waals surface area contributed by atoms with Crippen molar-refractivity contribution in [2.45, 2.75) is 24.3 Å². The first-order chi connectivity index (χ1) is 14.9. The van der Waals surface area contributed by atoms with Crippen molar-refractivity contribution in [2.24, 2.45) is 0 Å². The molecule has 0 amide bonds. The molecule has 0 spiro atoms. The fraction of sp³-hybridized carbons (Fsp3) is 0.444. The van der Waals surface area contributed by atoms with Crippen molar-refractivity contribution in [1.29, 1.82) is 0 Å². The SMILES string of the molecule is CCONCCOc1cc(NS(=O)(=O)N2CCC2)nc(SCc2cccc(F)c2F)n1. The maximum absolute atomic E-state index is 13.9. The lowest BCUT2D eigenvalue weighted by Gasteiger charge is -2.29. The molecule has 0 aliphatic carbocycles. The normalized spacial score (nSPS) is 14.3. The average Bonchev–Trinajstić information content (AvgIpc) is 2.66. The van der Waals surface area contributed by atoms with E-state index in [1.165, 1.54) is 22.5 Å². The predicted octanol–water partition coefficient (Wildman–Crippen LogP) is 2.33. The van der Waals surface area contributed by atoms with Gasteiger partial charge in [-0.1, -0.05) is 23.9 Å². The van der Waals surface area contributed by atoms with E-state index in [0.29, 0.717) is 26.2 Å². The van der Waals surface area contributed by atoms with Crippen molar-refractivity contribution < 1.29 is 26.8 Å². The predicted molar refractivity (Wildman–Crippen MR) is 112 cm³/mol. The van der Waals surface area contributed by atoms with Crippen LogP contribution in [0, 0.1) is 11.6 Å². The van der Waals surface area contributed by atoms with Crippen LogP contribution in [0.15, 0.2) is 29.4 Å². The molecule has 0 atom stereocenters. The van der Waals surface area contributed by atoms with Crippen LogP contribution in [0.4, 0.5) is 14.6 Å². The molecule has 2 N–H and O–H groups in total. The minimum absolute atomic E-state index is 0.0249. The third-order valence-electron chi connectivity index (χ3n) is 4.16. The van der Waals surface area contributed by atoms with Gasteiger partial charge in [0, 0.05) is 30.5 Å². The molecule has 3 rings (SSSR count). The number of nitrogens with zero attached hydrogens (tertiary/aromatic N) is 3. The van der Waals surface area contributed by atoms with Gasteiger partial charge in [-0.05, 0) is 19.4 Å². The summed E-state index contributed by atoms with van der Waals surface area (Å²) in [5, 5.41) is 0.153. The zero-order valence-electron chi connectivity index (χ0n) is 16.8. The van der Waals surface area contributed by atoms with Crippen molar-refractivity contribution in [3.63, 3.8) is 0 Å². The molecule has 13 heteroatoms. The number of halogens is 2. The van der Waals surface area contributed by atoms with E-state index in [9.17, 15) is 17.2 Å². The Morgan fingerprint density at radius 1 is 1.26 bits per heavy atom. The minimum atomic E-state index is -3.74. The lowest BCUT2D eigenvalue weighted by atomic mass is 10.2. The summed E-state index contributed by atoms with van der Waals surface area (Å²) in [6.45, 7) is 3.79. The number of nitrogens with one attached hydrogen (secondary N) is 2. The van der Waals surface area contributed by atoms with Crippen molar-refractivity contribution in [1.82, 2.24) is 19.8 Å². The molecule has 170 valence electrons. The third kappa shape index (κ3) is 6.71. The Labute approximate surface area is 183 Å². The first-order valence-electron chi connectivity index (χ1n) is 9.59. The molecule has 2 heterocycles. The molecule has 0 saturated carbocycles. The summed E-state index contributed by atoms with van der Waals surface area (Å²) >= 11 is 1.03. The van der Waals surface area contributed by atoms with E-state index >= 15 is 0 Å². The van der Waals surface area contributed by atoms with Crippen molar-refractivity contribution in [2.75, 3.05) is 37.6 Å². The van der Waals surface area contributed by atoms with Gasteiger partial charge in [0.1, 0.15) is 12.4 Å². The molecule has 1 fully saturated rings. The molecule has 31 heavy (non-hydrogen) atoms. The van der Waals surface area contributed by atoms with Crippen LogP contribution in [0.25, 0.3) is 0 Å². The van der Waals surface area contributed by atoms with E-state index in [2.05, 4.69) is 20.2 Å². The van der Waals surface area contributed by atoms with Crippen LogP contribution in [0.3, 0.4) is 0 Å². The van der Waals surface area contributed by atoms with E-state index in [1.807, 2.05) is 6.92 Å². The summed E-state index contributed by atoms with van der Waals surface area (Å²) < 4.78 is 61.4. The average molecular weight is 476 g/mol. The molecule has 2 aromatic rings. The first kappa shape index (κ1) is 23.6. The number of anilines is 1. The van der Waals surface area contributed by atoms with Gasteiger partial charge in [-0.25, -0.2) is 13.8 Å². The van der Waals surface area contributed by atoms with Crippen molar-refractivity contribution in [3.05, 3.63) is 41.5 Å². The summed E-state index contributed by atoms with van der Waals surface area (Å²) in [5.41, 5.74) is 2.83. The molecular formula is C18H23F2N5O4S2. The molecule has 1 aromatic heterocycles. The molecule has 0 unspecified atom stereocenters. The van der Waals surface area contributed by atoms with Crippen molar-refractivity contribution >= 4 is 27.8 Å². The summed E-state index contributed by atoms with van der Waals surface area (Å²) in [6.07, 6.45) is 0.798. The molecule has 9 nitrogen and oxygen atoms in total. The fourth-order valence-electron chi connectivity index (χ4n) is 2.49. The lowest BCUT2D eigenvalue weighted by Crippen LogP contribution is -2.45. The van der Waals surface area contributed by atoms with Gasteiger partial charge in [0.15, 0.2) is 16.8 Å². The van der Waals surface area contributed by atoms with Crippen LogP contribution in [0.5, 0.6) is 5.88 Å². The van der Waals surface area contributed by atoms with Gasteiger partial charge in [-0.3, -0.25) is 4.72 Å². The zero-order valence-corrected chi connectivity index (χ0v) is 18.4. The Balaban J connectivity index is 1.74.